The Morgan fingerprint density at radius 2 is 2.31 bits per heavy atom. The third-order valence-corrected chi connectivity index (χ3v) is 2.62. The minimum absolute atomic E-state index is 0.102. The molecule has 1 heterocycles. The van der Waals surface area contributed by atoms with Crippen molar-refractivity contribution in [2.24, 2.45) is 5.73 Å². The van der Waals surface area contributed by atoms with Gasteiger partial charge in [-0.15, -0.1) is 11.3 Å². The molecule has 7 nitrogen and oxygen atoms in total. The fourth-order valence-corrected chi connectivity index (χ4v) is 1.58. The van der Waals surface area contributed by atoms with Crippen molar-refractivity contribution in [1.29, 1.82) is 0 Å². The highest BCUT2D eigenvalue weighted by Crippen LogP contribution is 2.08. The maximum absolute atomic E-state index is 11.5. The van der Waals surface area contributed by atoms with E-state index in [0.29, 0.717) is 5.01 Å². The number of aliphatic hydroxyl groups excluding tert-OH is 1. The molecule has 0 saturated carbocycles. The first-order chi connectivity index (χ1) is 7.58. The zero-order valence-electron chi connectivity index (χ0n) is 8.21. The van der Waals surface area contributed by atoms with E-state index in [9.17, 15) is 9.59 Å². The van der Waals surface area contributed by atoms with Gasteiger partial charge in [-0.3, -0.25) is 4.79 Å². The zero-order valence-corrected chi connectivity index (χ0v) is 9.03. The minimum atomic E-state index is -1.32. The van der Waals surface area contributed by atoms with Crippen LogP contribution in [0, 0.1) is 0 Å². The van der Waals surface area contributed by atoms with Crippen molar-refractivity contribution in [3.63, 3.8) is 0 Å². The predicted molar refractivity (Wildman–Crippen MR) is 56.0 cm³/mol. The van der Waals surface area contributed by atoms with Gasteiger partial charge >= 0.3 is 5.97 Å². The standard InChI is InChI=1S/C8H11N3O4S/c9-1-6-10-5(3-16-6)7(13)11-4(2-12)8(14)15/h3-4,12H,1-2,9H2,(H,11,13)(H,14,15)/t4-/m0/s1. The average Bonchev–Trinajstić information content (AvgIpc) is 2.73. The number of nitrogens with zero attached hydrogens (tertiary/aromatic N) is 1. The third kappa shape index (κ3) is 2.99. The highest BCUT2D eigenvalue weighted by Gasteiger charge is 2.20. The SMILES string of the molecule is NCc1nc(C(=O)N[C@@H](CO)C(=O)O)cs1. The molecule has 1 aromatic heterocycles. The summed E-state index contributed by atoms with van der Waals surface area (Å²) in [6.07, 6.45) is 0. The van der Waals surface area contributed by atoms with Crippen LogP contribution in [0.1, 0.15) is 15.5 Å². The Hall–Kier alpha value is -1.51. The predicted octanol–water partition coefficient (Wildman–Crippen LogP) is -1.22. The van der Waals surface area contributed by atoms with Crippen LogP contribution in [0.2, 0.25) is 0 Å². The largest absolute Gasteiger partial charge is 0.480 e. The first-order valence-electron chi connectivity index (χ1n) is 4.37. The molecule has 1 aromatic rings. The van der Waals surface area contributed by atoms with Gasteiger partial charge in [-0.05, 0) is 0 Å². The van der Waals surface area contributed by atoms with E-state index in [2.05, 4.69) is 10.3 Å². The summed E-state index contributed by atoms with van der Waals surface area (Å²) in [5, 5.41) is 21.5. The zero-order chi connectivity index (χ0) is 12.1. The van der Waals surface area contributed by atoms with Crippen molar-refractivity contribution in [1.82, 2.24) is 10.3 Å². The molecule has 1 atom stereocenters. The number of carbonyl (C=O) groups excluding carboxylic acids is 1. The third-order valence-electron chi connectivity index (χ3n) is 1.75. The summed E-state index contributed by atoms with van der Waals surface area (Å²) in [6, 6.07) is -1.32. The molecule has 0 bridgehead atoms. The summed E-state index contributed by atoms with van der Waals surface area (Å²) in [7, 11) is 0. The highest BCUT2D eigenvalue weighted by molar-refractivity contribution is 7.09. The Morgan fingerprint density at radius 3 is 2.75 bits per heavy atom. The number of nitrogens with one attached hydrogen (secondary N) is 1. The van der Waals surface area contributed by atoms with Crippen LogP contribution in [0.4, 0.5) is 0 Å². The van der Waals surface area contributed by atoms with Crippen LogP contribution in [-0.2, 0) is 11.3 Å². The van der Waals surface area contributed by atoms with Gasteiger partial charge in [0.05, 0.1) is 6.61 Å². The number of nitrogens with two attached hydrogens (primary N) is 1. The van der Waals surface area contributed by atoms with Crippen LogP contribution in [0.15, 0.2) is 5.38 Å². The molecule has 0 spiro atoms. The summed E-state index contributed by atoms with van der Waals surface area (Å²) in [5.41, 5.74) is 5.42. The Morgan fingerprint density at radius 1 is 1.62 bits per heavy atom. The number of carbonyl (C=O) groups is 2. The fraction of sp³-hybridized carbons (Fsp3) is 0.375. The maximum atomic E-state index is 11.5. The van der Waals surface area contributed by atoms with Gasteiger partial charge in [-0.2, -0.15) is 0 Å². The average molecular weight is 245 g/mol. The molecule has 16 heavy (non-hydrogen) atoms. The summed E-state index contributed by atoms with van der Waals surface area (Å²) >= 11 is 1.21. The Kier molecular flexibility index (Phi) is 4.35. The van der Waals surface area contributed by atoms with E-state index in [1.807, 2.05) is 0 Å². The lowest BCUT2D eigenvalue weighted by Gasteiger charge is -2.09. The topological polar surface area (TPSA) is 126 Å². The van der Waals surface area contributed by atoms with E-state index < -0.39 is 24.5 Å². The van der Waals surface area contributed by atoms with Gasteiger partial charge in [0, 0.05) is 11.9 Å². The van der Waals surface area contributed by atoms with Gasteiger partial charge in [-0.1, -0.05) is 0 Å². The van der Waals surface area contributed by atoms with Crippen LogP contribution in [0.25, 0.3) is 0 Å². The first-order valence-corrected chi connectivity index (χ1v) is 5.25. The molecular formula is C8H11N3O4S. The van der Waals surface area contributed by atoms with Gasteiger partial charge in [0.1, 0.15) is 10.7 Å². The number of aliphatic carboxylic acids is 1. The Balaban J connectivity index is 2.67. The molecule has 8 heteroatoms. The van der Waals surface area contributed by atoms with Crippen molar-refractivity contribution in [3.05, 3.63) is 16.1 Å². The smallest absolute Gasteiger partial charge is 0.328 e. The molecule has 0 radical (unpaired) electrons. The maximum Gasteiger partial charge on any atom is 0.328 e. The number of rotatable bonds is 5. The van der Waals surface area contributed by atoms with Gasteiger partial charge in [-0.25, -0.2) is 9.78 Å². The Bertz CT molecular complexity index is 392. The molecule has 0 aliphatic rings. The number of carboxylic acid groups (broad SMARTS) is 1. The van der Waals surface area contributed by atoms with E-state index in [-0.39, 0.29) is 12.2 Å². The molecule has 0 aliphatic carbocycles. The number of hydrogen-bond acceptors (Lipinski definition) is 6. The van der Waals surface area contributed by atoms with Crippen LogP contribution < -0.4 is 11.1 Å². The van der Waals surface area contributed by atoms with Crippen molar-refractivity contribution >= 4 is 23.2 Å². The molecule has 5 N–H and O–H groups in total. The van der Waals surface area contributed by atoms with Crippen LogP contribution >= 0.6 is 11.3 Å². The molecule has 0 saturated heterocycles. The lowest BCUT2D eigenvalue weighted by molar-refractivity contribution is -0.140. The summed E-state index contributed by atoms with van der Waals surface area (Å²) < 4.78 is 0. The van der Waals surface area contributed by atoms with Crippen LogP contribution in [0.3, 0.4) is 0 Å². The highest BCUT2D eigenvalue weighted by atomic mass is 32.1. The quantitative estimate of drug-likeness (QED) is 0.515. The second-order valence-electron chi connectivity index (χ2n) is 2.88. The van der Waals surface area contributed by atoms with Crippen LogP contribution in [-0.4, -0.2) is 39.7 Å². The first kappa shape index (κ1) is 12.6. The summed E-state index contributed by atoms with van der Waals surface area (Å²) in [5.74, 6) is -1.94. The number of thiazole rings is 1. The second kappa shape index (κ2) is 5.54. The number of carboxylic acids is 1. The lowest BCUT2D eigenvalue weighted by atomic mass is 10.3. The van der Waals surface area contributed by atoms with Gasteiger partial charge in [0.25, 0.3) is 5.91 Å². The van der Waals surface area contributed by atoms with Gasteiger partial charge in [0.15, 0.2) is 6.04 Å². The molecule has 0 unspecified atom stereocenters. The number of amides is 1. The molecule has 1 amide bonds. The second-order valence-corrected chi connectivity index (χ2v) is 3.82. The summed E-state index contributed by atoms with van der Waals surface area (Å²) in [6.45, 7) is -0.449. The Labute approximate surface area is 94.9 Å². The lowest BCUT2D eigenvalue weighted by Crippen LogP contribution is -2.43. The normalized spacial score (nSPS) is 12.1. The molecule has 0 aliphatic heterocycles. The van der Waals surface area contributed by atoms with Crippen molar-refractivity contribution in [2.75, 3.05) is 6.61 Å². The minimum Gasteiger partial charge on any atom is -0.480 e. The molecule has 0 fully saturated rings. The molecule has 1 rings (SSSR count). The van der Waals surface area contributed by atoms with E-state index in [1.165, 1.54) is 16.7 Å². The number of aromatic nitrogens is 1. The van der Waals surface area contributed by atoms with E-state index in [4.69, 9.17) is 15.9 Å². The number of hydrogen-bond donors (Lipinski definition) is 4. The molecule has 88 valence electrons. The van der Waals surface area contributed by atoms with Crippen LogP contribution in [0.5, 0.6) is 0 Å². The van der Waals surface area contributed by atoms with Crippen molar-refractivity contribution in [2.45, 2.75) is 12.6 Å². The van der Waals surface area contributed by atoms with Crippen molar-refractivity contribution < 1.29 is 19.8 Å². The van der Waals surface area contributed by atoms with E-state index in [0.717, 1.165) is 0 Å². The van der Waals surface area contributed by atoms with Gasteiger partial charge < -0.3 is 21.3 Å². The van der Waals surface area contributed by atoms with E-state index in [1.54, 1.807) is 0 Å². The van der Waals surface area contributed by atoms with E-state index >= 15 is 0 Å². The van der Waals surface area contributed by atoms with Crippen molar-refractivity contribution in [3.8, 4) is 0 Å². The van der Waals surface area contributed by atoms with Gasteiger partial charge in [0.2, 0.25) is 0 Å². The number of aliphatic hydroxyl groups is 1. The fourth-order valence-electron chi connectivity index (χ4n) is 0.927. The monoisotopic (exact) mass is 245 g/mol. The molecule has 0 aromatic carbocycles. The molecular weight excluding hydrogens is 234 g/mol. The summed E-state index contributed by atoms with van der Waals surface area (Å²) in [4.78, 5) is 25.9.